The number of carbonyl (C=O) groups is 2. The van der Waals surface area contributed by atoms with Crippen LogP contribution < -0.4 is 4.90 Å². The molecule has 2 aromatic rings. The molecule has 0 atom stereocenters. The van der Waals surface area contributed by atoms with Crippen LogP contribution in [0.15, 0.2) is 70.3 Å². The lowest BCUT2D eigenvalue weighted by Gasteiger charge is -2.27. The maximum Gasteiger partial charge on any atom is 0.355 e. The van der Waals surface area contributed by atoms with Crippen LogP contribution in [0.3, 0.4) is 0 Å². The number of aryl methyl sites for hydroxylation is 2. The topological polar surface area (TPSA) is 62.1 Å². The summed E-state index contributed by atoms with van der Waals surface area (Å²) >= 11 is 0. The monoisotopic (exact) mass is 375 g/mol. The summed E-state index contributed by atoms with van der Waals surface area (Å²) < 4.78 is 13.8. The second-order valence-corrected chi connectivity index (χ2v) is 6.83. The third-order valence-corrected chi connectivity index (χ3v) is 4.81. The first kappa shape index (κ1) is 18.0. The SMILES string of the molecule is Cc1cccc(N2C(=O)N=C3CC(CCc4ccccc4F)=NC=C3C2=O)c1. The predicted octanol–water partition coefficient (Wildman–Crippen LogP) is 4.40. The van der Waals surface area contributed by atoms with Crippen molar-refractivity contribution < 1.29 is 14.0 Å². The number of hydrogen-bond donors (Lipinski definition) is 0. The van der Waals surface area contributed by atoms with Crippen molar-refractivity contribution in [3.63, 3.8) is 0 Å². The Kier molecular flexibility index (Phi) is 4.69. The van der Waals surface area contributed by atoms with Crippen LogP contribution in [-0.2, 0) is 11.2 Å². The molecule has 0 spiro atoms. The van der Waals surface area contributed by atoms with Crippen LogP contribution in [0.2, 0.25) is 0 Å². The van der Waals surface area contributed by atoms with Crippen molar-refractivity contribution >= 4 is 29.0 Å². The summed E-state index contributed by atoms with van der Waals surface area (Å²) in [5.74, 6) is -0.665. The molecule has 0 saturated heterocycles. The van der Waals surface area contributed by atoms with Crippen molar-refractivity contribution in [1.82, 2.24) is 0 Å². The number of aliphatic imine (C=N–C) groups is 2. The Morgan fingerprint density at radius 1 is 1.07 bits per heavy atom. The molecule has 2 heterocycles. The van der Waals surface area contributed by atoms with Crippen molar-refractivity contribution in [2.75, 3.05) is 4.90 Å². The fourth-order valence-electron chi connectivity index (χ4n) is 3.34. The summed E-state index contributed by atoms with van der Waals surface area (Å²) in [7, 11) is 0. The van der Waals surface area contributed by atoms with Gasteiger partial charge in [-0.3, -0.25) is 9.79 Å². The van der Waals surface area contributed by atoms with Crippen LogP contribution in [0, 0.1) is 12.7 Å². The molecule has 4 rings (SSSR count). The van der Waals surface area contributed by atoms with Gasteiger partial charge >= 0.3 is 6.03 Å². The van der Waals surface area contributed by atoms with Gasteiger partial charge in [0, 0.05) is 18.3 Å². The Morgan fingerprint density at radius 2 is 1.89 bits per heavy atom. The number of hydrogen-bond acceptors (Lipinski definition) is 3. The van der Waals surface area contributed by atoms with Crippen molar-refractivity contribution in [3.8, 4) is 0 Å². The highest BCUT2D eigenvalue weighted by atomic mass is 19.1. The molecule has 140 valence electrons. The van der Waals surface area contributed by atoms with Crippen LogP contribution in [0.25, 0.3) is 0 Å². The quantitative estimate of drug-likeness (QED) is 0.795. The van der Waals surface area contributed by atoms with Crippen molar-refractivity contribution in [1.29, 1.82) is 0 Å². The molecule has 6 heteroatoms. The van der Waals surface area contributed by atoms with E-state index < -0.39 is 11.9 Å². The molecule has 0 radical (unpaired) electrons. The van der Waals surface area contributed by atoms with Gasteiger partial charge in [0.15, 0.2) is 0 Å². The van der Waals surface area contributed by atoms with E-state index in [4.69, 9.17) is 0 Å². The minimum atomic E-state index is -0.599. The van der Waals surface area contributed by atoms with E-state index in [-0.39, 0.29) is 5.82 Å². The molecule has 0 saturated carbocycles. The predicted molar refractivity (Wildman–Crippen MR) is 106 cm³/mol. The smallest absolute Gasteiger partial charge is 0.268 e. The summed E-state index contributed by atoms with van der Waals surface area (Å²) in [4.78, 5) is 34.9. The third-order valence-electron chi connectivity index (χ3n) is 4.81. The van der Waals surface area contributed by atoms with E-state index in [0.717, 1.165) is 16.2 Å². The number of benzene rings is 2. The average molecular weight is 375 g/mol. The highest BCUT2D eigenvalue weighted by molar-refractivity contribution is 6.40. The number of rotatable bonds is 4. The van der Waals surface area contributed by atoms with E-state index in [2.05, 4.69) is 9.98 Å². The van der Waals surface area contributed by atoms with Crippen LogP contribution in [0.5, 0.6) is 0 Å². The standard InChI is InChI=1S/C22H18FN3O2/c1-14-5-4-7-17(11-14)26-21(27)18-13-24-16(12-20(18)25-22(26)28)10-9-15-6-2-3-8-19(15)23/h2-8,11,13H,9-10,12H2,1H3. The molecule has 0 N–H and O–H groups in total. The Labute approximate surface area is 161 Å². The summed E-state index contributed by atoms with van der Waals surface area (Å²) in [5, 5.41) is 0. The number of imide groups is 1. The molecule has 0 aromatic heterocycles. The van der Waals surface area contributed by atoms with E-state index in [0.29, 0.717) is 41.8 Å². The summed E-state index contributed by atoms with van der Waals surface area (Å²) in [6.45, 7) is 1.89. The van der Waals surface area contributed by atoms with Crippen molar-refractivity contribution in [2.45, 2.75) is 26.2 Å². The maximum absolute atomic E-state index is 13.8. The van der Waals surface area contributed by atoms with Crippen LogP contribution in [-0.4, -0.2) is 23.4 Å². The molecule has 0 aliphatic carbocycles. The zero-order valence-corrected chi connectivity index (χ0v) is 15.4. The summed E-state index contributed by atoms with van der Waals surface area (Å²) in [6.07, 6.45) is 2.82. The Balaban J connectivity index is 1.56. The van der Waals surface area contributed by atoms with Gasteiger partial charge in [0.2, 0.25) is 0 Å². The van der Waals surface area contributed by atoms with E-state index in [9.17, 15) is 14.0 Å². The minimum Gasteiger partial charge on any atom is -0.268 e. The summed E-state index contributed by atoms with van der Waals surface area (Å²) in [5.41, 5.74) is 3.58. The first-order chi connectivity index (χ1) is 13.5. The van der Waals surface area contributed by atoms with Gasteiger partial charge < -0.3 is 0 Å². The van der Waals surface area contributed by atoms with Gasteiger partial charge in [-0.2, -0.15) is 4.99 Å². The van der Waals surface area contributed by atoms with Gasteiger partial charge in [0.25, 0.3) is 5.91 Å². The molecule has 5 nitrogen and oxygen atoms in total. The number of halogens is 1. The van der Waals surface area contributed by atoms with E-state index >= 15 is 0 Å². The molecule has 2 aromatic carbocycles. The van der Waals surface area contributed by atoms with E-state index in [1.54, 1.807) is 36.4 Å². The van der Waals surface area contributed by atoms with Gasteiger partial charge in [0.05, 0.1) is 17.0 Å². The maximum atomic E-state index is 13.8. The van der Waals surface area contributed by atoms with Gasteiger partial charge in [-0.1, -0.05) is 30.3 Å². The van der Waals surface area contributed by atoms with E-state index in [1.807, 2.05) is 13.0 Å². The lowest BCUT2D eigenvalue weighted by molar-refractivity contribution is -0.114. The number of urea groups is 1. The van der Waals surface area contributed by atoms with Crippen LogP contribution in [0.4, 0.5) is 14.9 Å². The molecule has 0 unspecified atom stereocenters. The van der Waals surface area contributed by atoms with Gasteiger partial charge in [0.1, 0.15) is 5.82 Å². The lowest BCUT2D eigenvalue weighted by atomic mass is 9.96. The molecule has 2 aliphatic rings. The molecular formula is C22H18FN3O2. The van der Waals surface area contributed by atoms with Crippen molar-refractivity contribution in [2.24, 2.45) is 9.98 Å². The molecule has 2 aliphatic heterocycles. The number of carbonyl (C=O) groups excluding carboxylic acids is 2. The molecule has 0 fully saturated rings. The number of nitrogens with zero attached hydrogens (tertiary/aromatic N) is 3. The fourth-order valence-corrected chi connectivity index (χ4v) is 3.34. The molecule has 28 heavy (non-hydrogen) atoms. The summed E-state index contributed by atoms with van der Waals surface area (Å²) in [6, 6.07) is 13.2. The Morgan fingerprint density at radius 3 is 2.68 bits per heavy atom. The lowest BCUT2D eigenvalue weighted by Crippen LogP contribution is -2.43. The average Bonchev–Trinajstić information content (AvgIpc) is 2.67. The zero-order chi connectivity index (χ0) is 19.7. The minimum absolute atomic E-state index is 0.246. The normalized spacial score (nSPS) is 16.4. The van der Waals surface area contributed by atoms with Gasteiger partial charge in [-0.15, -0.1) is 0 Å². The van der Waals surface area contributed by atoms with E-state index in [1.165, 1.54) is 12.3 Å². The molecular weight excluding hydrogens is 357 g/mol. The van der Waals surface area contributed by atoms with Crippen molar-refractivity contribution in [3.05, 3.63) is 77.2 Å². The van der Waals surface area contributed by atoms with Gasteiger partial charge in [-0.05, 0) is 49.1 Å². The number of fused-ring (bicyclic) bond motifs is 1. The number of anilines is 1. The first-order valence-electron chi connectivity index (χ1n) is 9.05. The highest BCUT2D eigenvalue weighted by Gasteiger charge is 2.35. The third kappa shape index (κ3) is 3.41. The highest BCUT2D eigenvalue weighted by Crippen LogP contribution is 2.26. The van der Waals surface area contributed by atoms with Crippen LogP contribution in [0.1, 0.15) is 24.0 Å². The number of amides is 3. The second kappa shape index (κ2) is 7.31. The second-order valence-electron chi connectivity index (χ2n) is 6.83. The Bertz CT molecular complexity index is 1070. The van der Waals surface area contributed by atoms with Crippen LogP contribution >= 0.6 is 0 Å². The Hall–Kier alpha value is -3.41. The first-order valence-corrected chi connectivity index (χ1v) is 9.05. The zero-order valence-electron chi connectivity index (χ0n) is 15.4. The largest absolute Gasteiger partial charge is 0.355 e. The van der Waals surface area contributed by atoms with Gasteiger partial charge in [-0.25, -0.2) is 14.1 Å². The molecule has 0 bridgehead atoms. The fraction of sp³-hybridized carbons (Fsp3) is 0.182. The molecule has 3 amide bonds.